The van der Waals surface area contributed by atoms with Gasteiger partial charge in [-0.05, 0) is 5.92 Å². The summed E-state index contributed by atoms with van der Waals surface area (Å²) in [5.74, 6) is 0.361. The number of nitrogens with one attached hydrogen (secondary N) is 1. The second-order valence-electron chi connectivity index (χ2n) is 3.27. The zero-order chi connectivity index (χ0) is 10.3. The van der Waals surface area contributed by atoms with Gasteiger partial charge in [-0.2, -0.15) is 0 Å². The van der Waals surface area contributed by atoms with Crippen molar-refractivity contribution in [3.63, 3.8) is 0 Å². The van der Waals surface area contributed by atoms with Crippen LogP contribution in [0.3, 0.4) is 0 Å². The first-order valence-corrected chi connectivity index (χ1v) is 5.12. The second-order valence-corrected chi connectivity index (χ2v) is 3.53. The van der Waals surface area contributed by atoms with Gasteiger partial charge in [-0.1, -0.05) is 20.3 Å². The predicted octanol–water partition coefficient (Wildman–Crippen LogP) is 0.996. The van der Waals surface area contributed by atoms with Gasteiger partial charge >= 0.3 is 0 Å². The first kappa shape index (κ1) is 12.7. The van der Waals surface area contributed by atoms with Crippen molar-refractivity contribution in [2.75, 3.05) is 19.0 Å². The van der Waals surface area contributed by atoms with Crippen molar-refractivity contribution in [3.8, 4) is 0 Å². The van der Waals surface area contributed by atoms with E-state index in [-0.39, 0.29) is 24.3 Å². The largest absolute Gasteiger partial charge is 0.396 e. The molecule has 0 aliphatic carbocycles. The molecule has 0 aliphatic heterocycles. The third-order valence-electron chi connectivity index (χ3n) is 2.37. The lowest BCUT2D eigenvalue weighted by Gasteiger charge is -2.20. The van der Waals surface area contributed by atoms with Crippen molar-refractivity contribution in [3.05, 3.63) is 0 Å². The van der Waals surface area contributed by atoms with Gasteiger partial charge in [-0.15, -0.1) is 11.6 Å². The van der Waals surface area contributed by atoms with E-state index in [1.807, 2.05) is 0 Å². The van der Waals surface area contributed by atoms with Gasteiger partial charge in [-0.3, -0.25) is 4.79 Å². The molecule has 1 amide bonds. The fraction of sp³-hybridized carbons (Fsp3) is 0.889. The minimum atomic E-state index is -0.177. The summed E-state index contributed by atoms with van der Waals surface area (Å²) in [4.78, 5) is 10.8. The van der Waals surface area contributed by atoms with Crippen LogP contribution in [-0.4, -0.2) is 30.0 Å². The van der Waals surface area contributed by atoms with Crippen molar-refractivity contribution in [1.29, 1.82) is 0 Å². The summed E-state index contributed by atoms with van der Waals surface area (Å²) in [6.45, 7) is 4.75. The molecule has 0 aromatic carbocycles. The topological polar surface area (TPSA) is 49.3 Å². The van der Waals surface area contributed by atoms with Crippen molar-refractivity contribution in [2.24, 2.45) is 11.8 Å². The highest BCUT2D eigenvalue weighted by molar-refractivity contribution is 6.27. The van der Waals surface area contributed by atoms with E-state index < -0.39 is 0 Å². The van der Waals surface area contributed by atoms with Gasteiger partial charge in [0.2, 0.25) is 5.91 Å². The number of halogens is 1. The third-order valence-corrected chi connectivity index (χ3v) is 2.61. The van der Waals surface area contributed by atoms with Crippen LogP contribution >= 0.6 is 11.6 Å². The Bertz CT molecular complexity index is 153. The molecule has 0 rings (SSSR count). The Labute approximate surface area is 84.5 Å². The maximum absolute atomic E-state index is 10.8. The number of carbonyl (C=O) groups is 1. The third kappa shape index (κ3) is 5.11. The Kier molecular flexibility index (Phi) is 7.00. The van der Waals surface area contributed by atoms with E-state index in [1.54, 1.807) is 0 Å². The van der Waals surface area contributed by atoms with E-state index in [0.29, 0.717) is 12.5 Å². The smallest absolute Gasteiger partial charge is 0.234 e. The zero-order valence-electron chi connectivity index (χ0n) is 8.22. The van der Waals surface area contributed by atoms with Gasteiger partial charge in [0, 0.05) is 19.1 Å². The molecule has 0 heterocycles. The number of alkyl halides is 1. The molecule has 78 valence electrons. The summed E-state index contributed by atoms with van der Waals surface area (Å²) in [5, 5.41) is 11.7. The standard InChI is InChI=1S/C9H18ClNO2/c1-3-7(2)8(6-12)5-11-9(13)4-10/h7-8,12H,3-6H2,1-2H3,(H,11,13)/t7-,8-/m0/s1. The van der Waals surface area contributed by atoms with Crippen LogP contribution in [0.5, 0.6) is 0 Å². The Morgan fingerprint density at radius 2 is 2.23 bits per heavy atom. The van der Waals surface area contributed by atoms with Gasteiger partial charge in [0.05, 0.1) is 0 Å². The molecule has 0 bridgehead atoms. The molecule has 0 saturated heterocycles. The van der Waals surface area contributed by atoms with Gasteiger partial charge in [0.1, 0.15) is 5.88 Å². The van der Waals surface area contributed by atoms with E-state index in [0.717, 1.165) is 6.42 Å². The van der Waals surface area contributed by atoms with Crippen molar-refractivity contribution in [1.82, 2.24) is 5.32 Å². The zero-order valence-corrected chi connectivity index (χ0v) is 8.97. The number of hydrogen-bond acceptors (Lipinski definition) is 2. The number of carbonyl (C=O) groups excluding carboxylic acids is 1. The van der Waals surface area contributed by atoms with Crippen LogP contribution in [0, 0.1) is 11.8 Å². The molecular formula is C9H18ClNO2. The molecule has 2 N–H and O–H groups in total. The van der Waals surface area contributed by atoms with Gasteiger partial charge in [-0.25, -0.2) is 0 Å². The number of aliphatic hydroxyl groups is 1. The first-order valence-electron chi connectivity index (χ1n) is 4.59. The predicted molar refractivity (Wildman–Crippen MR) is 53.8 cm³/mol. The SMILES string of the molecule is CC[C@H](C)[C@H](CO)CNC(=O)CCl. The molecule has 0 fully saturated rings. The molecule has 0 spiro atoms. The number of hydrogen-bond donors (Lipinski definition) is 2. The van der Waals surface area contributed by atoms with E-state index in [9.17, 15) is 4.79 Å². The number of rotatable bonds is 6. The molecule has 13 heavy (non-hydrogen) atoms. The van der Waals surface area contributed by atoms with Crippen molar-refractivity contribution >= 4 is 17.5 Å². The molecule has 0 aromatic heterocycles. The summed E-state index contributed by atoms with van der Waals surface area (Å²) in [6, 6.07) is 0. The van der Waals surface area contributed by atoms with Gasteiger partial charge < -0.3 is 10.4 Å². The normalized spacial score (nSPS) is 15.1. The molecular weight excluding hydrogens is 190 g/mol. The highest BCUT2D eigenvalue weighted by atomic mass is 35.5. The molecule has 0 aromatic rings. The Hall–Kier alpha value is -0.280. The lowest BCUT2D eigenvalue weighted by molar-refractivity contribution is -0.119. The van der Waals surface area contributed by atoms with E-state index in [4.69, 9.17) is 16.7 Å². The highest BCUT2D eigenvalue weighted by Gasteiger charge is 2.15. The monoisotopic (exact) mass is 207 g/mol. The quantitative estimate of drug-likeness (QED) is 0.639. The molecule has 2 atom stereocenters. The maximum Gasteiger partial charge on any atom is 0.234 e. The fourth-order valence-corrected chi connectivity index (χ4v) is 1.17. The molecule has 0 saturated carbocycles. The summed E-state index contributed by atoms with van der Waals surface area (Å²) < 4.78 is 0. The molecule has 0 aliphatic rings. The fourth-order valence-electron chi connectivity index (χ4n) is 1.07. The van der Waals surface area contributed by atoms with Crippen LogP contribution in [0.4, 0.5) is 0 Å². The van der Waals surface area contributed by atoms with Crippen LogP contribution in [0.25, 0.3) is 0 Å². The van der Waals surface area contributed by atoms with Crippen LogP contribution in [-0.2, 0) is 4.79 Å². The average Bonchev–Trinajstić information content (AvgIpc) is 2.17. The molecule has 0 radical (unpaired) electrons. The molecule has 3 nitrogen and oxygen atoms in total. The number of amides is 1. The van der Waals surface area contributed by atoms with E-state index in [2.05, 4.69) is 19.2 Å². The van der Waals surface area contributed by atoms with Crippen molar-refractivity contribution < 1.29 is 9.90 Å². The minimum Gasteiger partial charge on any atom is -0.396 e. The lowest BCUT2D eigenvalue weighted by Crippen LogP contribution is -2.34. The Balaban J connectivity index is 3.78. The lowest BCUT2D eigenvalue weighted by atomic mass is 9.92. The van der Waals surface area contributed by atoms with Crippen LogP contribution in [0.2, 0.25) is 0 Å². The summed E-state index contributed by atoms with van der Waals surface area (Å²) in [5.41, 5.74) is 0. The summed E-state index contributed by atoms with van der Waals surface area (Å²) in [6.07, 6.45) is 1.00. The van der Waals surface area contributed by atoms with Crippen LogP contribution in [0.1, 0.15) is 20.3 Å². The molecule has 0 unspecified atom stereocenters. The second kappa shape index (κ2) is 7.15. The summed E-state index contributed by atoms with van der Waals surface area (Å²) in [7, 11) is 0. The average molecular weight is 208 g/mol. The Morgan fingerprint density at radius 1 is 1.62 bits per heavy atom. The minimum absolute atomic E-state index is 0.0152. The maximum atomic E-state index is 10.8. The van der Waals surface area contributed by atoms with Gasteiger partial charge in [0.15, 0.2) is 0 Å². The van der Waals surface area contributed by atoms with Crippen LogP contribution in [0.15, 0.2) is 0 Å². The summed E-state index contributed by atoms with van der Waals surface area (Å²) >= 11 is 5.32. The highest BCUT2D eigenvalue weighted by Crippen LogP contribution is 2.13. The van der Waals surface area contributed by atoms with E-state index >= 15 is 0 Å². The Morgan fingerprint density at radius 3 is 2.62 bits per heavy atom. The van der Waals surface area contributed by atoms with Crippen molar-refractivity contribution in [2.45, 2.75) is 20.3 Å². The van der Waals surface area contributed by atoms with Gasteiger partial charge in [0.25, 0.3) is 0 Å². The molecule has 4 heteroatoms. The first-order chi connectivity index (χ1) is 6.15. The van der Waals surface area contributed by atoms with Crippen LogP contribution < -0.4 is 5.32 Å². The number of aliphatic hydroxyl groups excluding tert-OH is 1. The van der Waals surface area contributed by atoms with E-state index in [1.165, 1.54) is 0 Å².